The van der Waals surface area contributed by atoms with Gasteiger partial charge in [0.2, 0.25) is 0 Å². The predicted molar refractivity (Wildman–Crippen MR) is 95.7 cm³/mol. The van der Waals surface area contributed by atoms with E-state index in [1.54, 1.807) is 6.07 Å². The largest absolute Gasteiger partial charge is 0.486 e. The van der Waals surface area contributed by atoms with Crippen LogP contribution in [0.5, 0.6) is 5.75 Å². The first kappa shape index (κ1) is 17.0. The van der Waals surface area contributed by atoms with Crippen molar-refractivity contribution in [2.75, 3.05) is 23.8 Å². The van der Waals surface area contributed by atoms with Gasteiger partial charge in [-0.15, -0.1) is 0 Å². The lowest BCUT2D eigenvalue weighted by Crippen LogP contribution is -2.42. The van der Waals surface area contributed by atoms with Gasteiger partial charge in [-0.2, -0.15) is 0 Å². The zero-order valence-corrected chi connectivity index (χ0v) is 14.9. The van der Waals surface area contributed by atoms with Crippen molar-refractivity contribution in [2.45, 2.75) is 33.3 Å². The summed E-state index contributed by atoms with van der Waals surface area (Å²) in [5.41, 5.74) is 8.09. The molecule has 0 spiro atoms. The van der Waals surface area contributed by atoms with E-state index < -0.39 is 11.7 Å². The normalized spacial score (nSPS) is 13.8. The summed E-state index contributed by atoms with van der Waals surface area (Å²) in [6.45, 7) is 8.05. The van der Waals surface area contributed by atoms with Crippen LogP contribution < -0.4 is 15.4 Å². The molecule has 7 heteroatoms. The highest BCUT2D eigenvalue weighted by Crippen LogP contribution is 2.38. The number of hydrogen-bond donors (Lipinski definition) is 1. The summed E-state index contributed by atoms with van der Waals surface area (Å²) in [6.07, 6.45) is -0.474. The number of nitrogen functional groups attached to an aromatic ring is 1. The fourth-order valence-corrected chi connectivity index (χ4v) is 2.53. The molecule has 0 unspecified atom stereocenters. The van der Waals surface area contributed by atoms with Crippen LogP contribution in [0.4, 0.5) is 16.3 Å². The van der Waals surface area contributed by atoms with Gasteiger partial charge in [-0.25, -0.2) is 9.78 Å². The van der Waals surface area contributed by atoms with Gasteiger partial charge >= 0.3 is 6.09 Å². The molecule has 0 saturated heterocycles. The number of aromatic nitrogens is 2. The van der Waals surface area contributed by atoms with Gasteiger partial charge in [0, 0.05) is 5.69 Å². The number of rotatable bonds is 1. The maximum absolute atomic E-state index is 12.5. The average molecular weight is 342 g/mol. The van der Waals surface area contributed by atoms with Crippen molar-refractivity contribution in [3.8, 4) is 17.1 Å². The molecule has 0 radical (unpaired) electrons. The molecule has 132 valence electrons. The lowest BCUT2D eigenvalue weighted by Gasteiger charge is -2.31. The Labute approximate surface area is 146 Å². The summed E-state index contributed by atoms with van der Waals surface area (Å²) in [7, 11) is 0. The Hall–Kier alpha value is -2.83. The van der Waals surface area contributed by atoms with Crippen molar-refractivity contribution < 1.29 is 14.3 Å². The Morgan fingerprint density at radius 1 is 1.28 bits per heavy atom. The van der Waals surface area contributed by atoms with E-state index in [4.69, 9.17) is 15.2 Å². The highest BCUT2D eigenvalue weighted by molar-refractivity contribution is 5.91. The van der Waals surface area contributed by atoms with E-state index in [-0.39, 0.29) is 0 Å². The van der Waals surface area contributed by atoms with Gasteiger partial charge in [0.15, 0.2) is 11.6 Å². The molecule has 1 aliphatic rings. The van der Waals surface area contributed by atoms with E-state index >= 15 is 0 Å². The second-order valence-electron chi connectivity index (χ2n) is 6.89. The quantitative estimate of drug-likeness (QED) is 0.856. The first-order valence-corrected chi connectivity index (χ1v) is 8.12. The molecule has 0 fully saturated rings. The minimum Gasteiger partial charge on any atom is -0.486 e. The van der Waals surface area contributed by atoms with Crippen molar-refractivity contribution in [1.82, 2.24) is 9.97 Å². The van der Waals surface area contributed by atoms with Crippen LogP contribution in [0.25, 0.3) is 11.4 Å². The summed E-state index contributed by atoms with van der Waals surface area (Å²) in [5, 5.41) is 0. The van der Waals surface area contributed by atoms with Crippen LogP contribution in [0.3, 0.4) is 0 Å². The maximum atomic E-state index is 12.5. The van der Waals surface area contributed by atoms with Crippen molar-refractivity contribution in [1.29, 1.82) is 0 Å². The predicted octanol–water partition coefficient (Wildman–Crippen LogP) is 3.17. The summed E-state index contributed by atoms with van der Waals surface area (Å²) >= 11 is 0. The van der Waals surface area contributed by atoms with Gasteiger partial charge in [0.05, 0.1) is 23.6 Å². The third kappa shape index (κ3) is 3.65. The first-order valence-electron chi connectivity index (χ1n) is 8.12. The Kier molecular flexibility index (Phi) is 4.24. The third-order valence-corrected chi connectivity index (χ3v) is 3.57. The number of amides is 1. The molecule has 1 aliphatic heterocycles. The summed E-state index contributed by atoms with van der Waals surface area (Å²) in [4.78, 5) is 23.0. The first-order chi connectivity index (χ1) is 11.7. The number of nitrogens with zero attached hydrogens (tertiary/aromatic N) is 3. The van der Waals surface area contributed by atoms with Crippen LogP contribution in [-0.4, -0.2) is 34.8 Å². The van der Waals surface area contributed by atoms with E-state index in [2.05, 4.69) is 9.97 Å². The number of hydrogen-bond acceptors (Lipinski definition) is 6. The van der Waals surface area contributed by atoms with Crippen LogP contribution in [0.15, 0.2) is 24.3 Å². The number of fused-ring (bicyclic) bond motifs is 1. The number of ether oxygens (including phenoxy) is 2. The molecule has 3 rings (SSSR count). The van der Waals surface area contributed by atoms with E-state index in [0.29, 0.717) is 41.8 Å². The molecule has 0 saturated carbocycles. The molecule has 1 amide bonds. The van der Waals surface area contributed by atoms with Crippen LogP contribution in [-0.2, 0) is 4.74 Å². The van der Waals surface area contributed by atoms with Crippen molar-refractivity contribution in [2.24, 2.45) is 0 Å². The van der Waals surface area contributed by atoms with E-state index in [0.717, 1.165) is 5.69 Å². The molecule has 0 aliphatic carbocycles. The summed E-state index contributed by atoms with van der Waals surface area (Å²) in [5.74, 6) is 0.757. The van der Waals surface area contributed by atoms with Crippen molar-refractivity contribution in [3.05, 3.63) is 30.0 Å². The maximum Gasteiger partial charge on any atom is 0.416 e. The highest BCUT2D eigenvalue weighted by Gasteiger charge is 2.31. The van der Waals surface area contributed by atoms with Gasteiger partial charge < -0.3 is 15.2 Å². The Balaban J connectivity index is 2.04. The summed E-state index contributed by atoms with van der Waals surface area (Å²) < 4.78 is 11.1. The lowest BCUT2D eigenvalue weighted by molar-refractivity contribution is 0.0566. The monoisotopic (exact) mass is 342 g/mol. The molecule has 7 nitrogen and oxygen atoms in total. The van der Waals surface area contributed by atoms with E-state index in [1.807, 2.05) is 45.9 Å². The van der Waals surface area contributed by atoms with Gasteiger partial charge in [0.25, 0.3) is 0 Å². The number of carbonyl (C=O) groups excluding carboxylic acids is 1. The molecule has 25 heavy (non-hydrogen) atoms. The number of nitrogens with two attached hydrogens (primary N) is 1. The van der Waals surface area contributed by atoms with Crippen LogP contribution >= 0.6 is 0 Å². The fraction of sp³-hybridized carbons (Fsp3) is 0.389. The standard InChI is InChI=1S/C18H22N4O3/c1-11-6-5-7-13(20-11)14-10-12(19)15-16(21-14)22(8-9-24-15)17(23)25-18(2,3)4/h5-7,10H,8-9H2,1-4H3,(H2,19,21). The Morgan fingerprint density at radius 3 is 2.72 bits per heavy atom. The highest BCUT2D eigenvalue weighted by atomic mass is 16.6. The fourth-order valence-electron chi connectivity index (χ4n) is 2.53. The second-order valence-corrected chi connectivity index (χ2v) is 6.89. The molecule has 0 bridgehead atoms. The Bertz CT molecular complexity index is 814. The molecular weight excluding hydrogens is 320 g/mol. The molecule has 2 aromatic rings. The average Bonchev–Trinajstić information content (AvgIpc) is 2.52. The molecule has 0 atom stereocenters. The lowest BCUT2D eigenvalue weighted by atomic mass is 10.2. The number of carbonyl (C=O) groups is 1. The summed E-state index contributed by atoms with van der Waals surface area (Å²) in [6, 6.07) is 7.36. The second kappa shape index (κ2) is 6.23. The molecule has 3 heterocycles. The molecular formula is C18H22N4O3. The SMILES string of the molecule is Cc1cccc(-c2cc(N)c3c(n2)N(C(=O)OC(C)(C)C)CCO3)n1. The van der Waals surface area contributed by atoms with E-state index in [1.165, 1.54) is 4.90 Å². The van der Waals surface area contributed by atoms with Crippen molar-refractivity contribution >= 4 is 17.6 Å². The van der Waals surface area contributed by atoms with Crippen molar-refractivity contribution in [3.63, 3.8) is 0 Å². The van der Waals surface area contributed by atoms with Crippen LogP contribution in [0.1, 0.15) is 26.5 Å². The number of aryl methyl sites for hydroxylation is 1. The molecule has 0 aromatic carbocycles. The minimum absolute atomic E-state index is 0.333. The molecule has 2 N–H and O–H groups in total. The van der Waals surface area contributed by atoms with Gasteiger partial charge in [-0.1, -0.05) is 6.07 Å². The zero-order valence-electron chi connectivity index (χ0n) is 14.9. The Morgan fingerprint density at radius 2 is 2.04 bits per heavy atom. The number of anilines is 2. The molecule has 2 aromatic heterocycles. The topological polar surface area (TPSA) is 90.6 Å². The third-order valence-electron chi connectivity index (χ3n) is 3.57. The smallest absolute Gasteiger partial charge is 0.416 e. The van der Waals surface area contributed by atoms with Gasteiger partial charge in [0.1, 0.15) is 12.2 Å². The van der Waals surface area contributed by atoms with E-state index in [9.17, 15) is 4.79 Å². The van der Waals surface area contributed by atoms with Gasteiger partial charge in [-0.3, -0.25) is 9.88 Å². The zero-order chi connectivity index (χ0) is 18.2. The minimum atomic E-state index is -0.600. The van der Waals surface area contributed by atoms with Crippen LogP contribution in [0.2, 0.25) is 0 Å². The number of pyridine rings is 2. The van der Waals surface area contributed by atoms with Crippen LogP contribution in [0, 0.1) is 6.92 Å². The van der Waals surface area contributed by atoms with Gasteiger partial charge in [-0.05, 0) is 45.9 Å².